The first-order valence-corrected chi connectivity index (χ1v) is 8.11. The minimum Gasteiger partial charge on any atom is -0.495 e. The molecule has 1 heterocycles. The van der Waals surface area contributed by atoms with Gasteiger partial charge in [0.2, 0.25) is 0 Å². The molecule has 0 aliphatic rings. The average Bonchev–Trinajstić information content (AvgIpc) is 2.65. The number of aryl methyl sites for hydroxylation is 1. The Kier molecular flexibility index (Phi) is 5.30. The van der Waals surface area contributed by atoms with E-state index in [1.165, 1.54) is 31.5 Å². The Balaban J connectivity index is 1.75. The Labute approximate surface area is 155 Å². The van der Waals surface area contributed by atoms with E-state index < -0.39 is 17.5 Å². The number of aromatic nitrogens is 1. The van der Waals surface area contributed by atoms with Gasteiger partial charge in [0.15, 0.2) is 0 Å². The first-order valence-electron chi connectivity index (χ1n) is 8.11. The fraction of sp³-hybridized carbons (Fsp3) is 0.100. The zero-order valence-corrected chi connectivity index (χ0v) is 14.7. The first-order chi connectivity index (χ1) is 13.0. The van der Waals surface area contributed by atoms with Crippen molar-refractivity contribution >= 4 is 23.0 Å². The summed E-state index contributed by atoms with van der Waals surface area (Å²) in [5, 5.41) is 5.36. The molecule has 7 heteroatoms. The van der Waals surface area contributed by atoms with Crippen LogP contribution in [0.15, 0.2) is 54.7 Å². The Morgan fingerprint density at radius 2 is 1.81 bits per heavy atom. The second kappa shape index (κ2) is 7.82. The monoisotopic (exact) mass is 369 g/mol. The second-order valence-corrected chi connectivity index (χ2v) is 5.81. The molecule has 0 saturated carbocycles. The van der Waals surface area contributed by atoms with E-state index in [-0.39, 0.29) is 11.4 Å². The van der Waals surface area contributed by atoms with Gasteiger partial charge in [-0.05, 0) is 48.9 Å². The highest BCUT2D eigenvalue weighted by molar-refractivity contribution is 6.03. The van der Waals surface area contributed by atoms with E-state index in [1.54, 1.807) is 12.1 Å². The lowest BCUT2D eigenvalue weighted by molar-refractivity contribution is 0.102. The average molecular weight is 369 g/mol. The van der Waals surface area contributed by atoms with Gasteiger partial charge >= 0.3 is 0 Å². The predicted octanol–water partition coefficient (Wildman–Crippen LogP) is 4.67. The fourth-order valence-electron chi connectivity index (χ4n) is 2.47. The molecule has 5 nitrogen and oxygen atoms in total. The molecule has 0 bridgehead atoms. The van der Waals surface area contributed by atoms with Crippen LogP contribution in [0.2, 0.25) is 0 Å². The highest BCUT2D eigenvalue weighted by atomic mass is 19.1. The summed E-state index contributed by atoms with van der Waals surface area (Å²) in [6.07, 6.45) is 1.33. The highest BCUT2D eigenvalue weighted by Crippen LogP contribution is 2.26. The maximum absolute atomic E-state index is 13.7. The summed E-state index contributed by atoms with van der Waals surface area (Å²) >= 11 is 0. The van der Waals surface area contributed by atoms with Crippen LogP contribution in [-0.2, 0) is 0 Å². The number of hydrogen-bond acceptors (Lipinski definition) is 4. The van der Waals surface area contributed by atoms with Gasteiger partial charge in [0.25, 0.3) is 5.91 Å². The lowest BCUT2D eigenvalue weighted by Gasteiger charge is -2.11. The van der Waals surface area contributed by atoms with Gasteiger partial charge in [0.05, 0.1) is 24.7 Å². The molecule has 3 rings (SSSR count). The minimum absolute atomic E-state index is 0.151. The van der Waals surface area contributed by atoms with Gasteiger partial charge in [-0.25, -0.2) is 13.8 Å². The van der Waals surface area contributed by atoms with Crippen molar-refractivity contribution in [3.8, 4) is 5.75 Å². The van der Waals surface area contributed by atoms with Crippen molar-refractivity contribution in [2.75, 3.05) is 17.7 Å². The SMILES string of the molecule is COc1ccc(C)cc1NC(=O)c1ccc(Nc2c(F)cccc2F)cn1. The van der Waals surface area contributed by atoms with Crippen molar-refractivity contribution in [3.05, 3.63) is 77.6 Å². The Morgan fingerprint density at radius 1 is 1.07 bits per heavy atom. The predicted molar refractivity (Wildman–Crippen MR) is 99.6 cm³/mol. The number of ether oxygens (including phenoxy) is 1. The lowest BCUT2D eigenvalue weighted by atomic mass is 10.2. The molecule has 0 aliphatic carbocycles. The van der Waals surface area contributed by atoms with Gasteiger partial charge in [-0.15, -0.1) is 0 Å². The smallest absolute Gasteiger partial charge is 0.274 e. The second-order valence-electron chi connectivity index (χ2n) is 5.81. The van der Waals surface area contributed by atoms with Gasteiger partial charge in [-0.3, -0.25) is 4.79 Å². The number of anilines is 3. The number of benzene rings is 2. The number of nitrogens with one attached hydrogen (secondary N) is 2. The number of carbonyl (C=O) groups is 1. The van der Waals surface area contributed by atoms with Crippen LogP contribution in [0.25, 0.3) is 0 Å². The molecule has 2 aromatic carbocycles. The molecule has 0 saturated heterocycles. The summed E-state index contributed by atoms with van der Waals surface area (Å²) in [4.78, 5) is 16.4. The molecule has 0 aliphatic heterocycles. The lowest BCUT2D eigenvalue weighted by Crippen LogP contribution is -2.14. The molecule has 0 spiro atoms. The number of methoxy groups -OCH3 is 1. The largest absolute Gasteiger partial charge is 0.495 e. The van der Waals surface area contributed by atoms with Crippen molar-refractivity contribution in [1.29, 1.82) is 0 Å². The number of hydrogen-bond donors (Lipinski definition) is 2. The summed E-state index contributed by atoms with van der Waals surface area (Å²) in [6, 6.07) is 12.0. The third-order valence-corrected chi connectivity index (χ3v) is 3.83. The molecule has 0 atom stereocenters. The van der Waals surface area contributed by atoms with Crippen LogP contribution in [0.3, 0.4) is 0 Å². The van der Waals surface area contributed by atoms with Gasteiger partial charge in [0, 0.05) is 0 Å². The van der Waals surface area contributed by atoms with E-state index in [1.807, 2.05) is 13.0 Å². The zero-order chi connectivity index (χ0) is 19.4. The molecule has 3 aromatic rings. The van der Waals surface area contributed by atoms with Crippen LogP contribution in [0.4, 0.5) is 25.8 Å². The van der Waals surface area contributed by atoms with Crippen molar-refractivity contribution in [2.24, 2.45) is 0 Å². The first kappa shape index (κ1) is 18.3. The number of rotatable bonds is 5. The number of amides is 1. The van der Waals surface area contributed by atoms with E-state index >= 15 is 0 Å². The normalized spacial score (nSPS) is 10.4. The number of pyridine rings is 1. The Bertz CT molecular complexity index is 955. The standard InChI is InChI=1S/C20H17F2N3O2/c1-12-6-9-18(27-2)17(10-12)25-20(26)16-8-7-13(11-23-16)24-19-14(21)4-3-5-15(19)22/h3-11,24H,1-2H3,(H,25,26). The number of para-hydroxylation sites is 1. The van der Waals surface area contributed by atoms with Crippen molar-refractivity contribution in [3.63, 3.8) is 0 Å². The van der Waals surface area contributed by atoms with Crippen molar-refractivity contribution in [1.82, 2.24) is 4.98 Å². The van der Waals surface area contributed by atoms with Gasteiger partial charge in [-0.1, -0.05) is 12.1 Å². The van der Waals surface area contributed by atoms with Crippen LogP contribution >= 0.6 is 0 Å². The van der Waals surface area contributed by atoms with Gasteiger partial charge in [-0.2, -0.15) is 0 Å². The summed E-state index contributed by atoms with van der Waals surface area (Å²) in [6.45, 7) is 1.90. The summed E-state index contributed by atoms with van der Waals surface area (Å²) < 4.78 is 32.6. The topological polar surface area (TPSA) is 63.2 Å². The molecular weight excluding hydrogens is 352 g/mol. The van der Waals surface area contributed by atoms with Gasteiger partial charge in [0.1, 0.15) is 28.8 Å². The molecule has 2 N–H and O–H groups in total. The maximum Gasteiger partial charge on any atom is 0.274 e. The third kappa shape index (κ3) is 4.20. The van der Waals surface area contributed by atoms with E-state index in [0.29, 0.717) is 17.1 Å². The highest BCUT2D eigenvalue weighted by Gasteiger charge is 2.13. The van der Waals surface area contributed by atoms with Crippen molar-refractivity contribution < 1.29 is 18.3 Å². The quantitative estimate of drug-likeness (QED) is 0.686. The molecule has 1 aromatic heterocycles. The number of carbonyl (C=O) groups excluding carboxylic acids is 1. The van der Waals surface area contributed by atoms with Crippen LogP contribution in [0.1, 0.15) is 16.1 Å². The molecule has 0 unspecified atom stereocenters. The van der Waals surface area contributed by atoms with Crippen LogP contribution in [0, 0.1) is 18.6 Å². The molecule has 0 fully saturated rings. The van der Waals surface area contributed by atoms with E-state index in [2.05, 4.69) is 15.6 Å². The fourth-order valence-corrected chi connectivity index (χ4v) is 2.47. The number of nitrogens with zero attached hydrogens (tertiary/aromatic N) is 1. The Hall–Kier alpha value is -3.48. The van der Waals surface area contributed by atoms with Gasteiger partial charge < -0.3 is 15.4 Å². The van der Waals surface area contributed by atoms with E-state index in [9.17, 15) is 13.6 Å². The maximum atomic E-state index is 13.7. The molecule has 0 radical (unpaired) electrons. The number of halogens is 2. The van der Waals surface area contributed by atoms with Crippen LogP contribution < -0.4 is 15.4 Å². The zero-order valence-electron chi connectivity index (χ0n) is 14.7. The third-order valence-electron chi connectivity index (χ3n) is 3.83. The van der Waals surface area contributed by atoms with Crippen LogP contribution in [-0.4, -0.2) is 18.0 Å². The van der Waals surface area contributed by atoms with E-state index in [0.717, 1.165) is 17.7 Å². The van der Waals surface area contributed by atoms with Crippen LogP contribution in [0.5, 0.6) is 5.75 Å². The summed E-state index contributed by atoms with van der Waals surface area (Å²) in [5.74, 6) is -1.34. The van der Waals surface area contributed by atoms with E-state index in [4.69, 9.17) is 4.74 Å². The molecule has 138 valence electrons. The Morgan fingerprint density at radius 3 is 2.44 bits per heavy atom. The minimum atomic E-state index is -0.719. The summed E-state index contributed by atoms with van der Waals surface area (Å²) in [7, 11) is 1.51. The summed E-state index contributed by atoms with van der Waals surface area (Å²) in [5.41, 5.74) is 1.72. The molecular formula is C20H17F2N3O2. The van der Waals surface area contributed by atoms with Crippen molar-refractivity contribution in [2.45, 2.75) is 6.92 Å². The molecule has 1 amide bonds. The molecule has 27 heavy (non-hydrogen) atoms.